The van der Waals surface area contributed by atoms with Gasteiger partial charge >= 0.3 is 6.09 Å². The van der Waals surface area contributed by atoms with Crippen LogP contribution >= 0.6 is 0 Å². The largest absolute Gasteiger partial charge is 0.495 e. The molecule has 0 spiro atoms. The minimum Gasteiger partial charge on any atom is -0.495 e. The number of ether oxygens (including phenoxy) is 2. The van der Waals surface area contributed by atoms with Gasteiger partial charge < -0.3 is 14.4 Å². The highest BCUT2D eigenvalue weighted by molar-refractivity contribution is 7.89. The van der Waals surface area contributed by atoms with E-state index < -0.39 is 16.1 Å². The molecule has 1 aromatic carbocycles. The molecule has 2 heterocycles. The second-order valence-electron chi connectivity index (χ2n) is 8.91. The smallest absolute Gasteiger partial charge is 0.414 e. The number of carbonyl (C=O) groups excluding carboxylic acids is 2. The van der Waals surface area contributed by atoms with Crippen molar-refractivity contribution in [2.45, 2.75) is 46.3 Å². The number of sulfonamides is 1. The maximum Gasteiger partial charge on any atom is 0.414 e. The molecule has 0 aliphatic carbocycles. The van der Waals surface area contributed by atoms with Crippen LogP contribution in [0.4, 0.5) is 16.2 Å². The summed E-state index contributed by atoms with van der Waals surface area (Å²) in [7, 11) is -2.04. The van der Waals surface area contributed by atoms with Gasteiger partial charge in [0.05, 0.1) is 42.1 Å². The number of hydrogen-bond donors (Lipinski definition) is 0. The van der Waals surface area contributed by atoms with Crippen LogP contribution in [0.2, 0.25) is 0 Å². The van der Waals surface area contributed by atoms with Crippen LogP contribution in [0.3, 0.4) is 0 Å². The third-order valence-electron chi connectivity index (χ3n) is 5.89. The Morgan fingerprint density at radius 3 is 2.43 bits per heavy atom. The topological polar surface area (TPSA) is 96.5 Å². The summed E-state index contributed by atoms with van der Waals surface area (Å²) < 4.78 is 37.1. The van der Waals surface area contributed by atoms with Gasteiger partial charge in [-0.1, -0.05) is 19.2 Å². The van der Waals surface area contributed by atoms with Crippen molar-refractivity contribution in [1.82, 2.24) is 4.31 Å². The Morgan fingerprint density at radius 2 is 1.89 bits per heavy atom. The summed E-state index contributed by atoms with van der Waals surface area (Å²) in [5.41, 5.74) is 2.54. The minimum absolute atomic E-state index is 0.0542. The van der Waals surface area contributed by atoms with Crippen LogP contribution in [0.5, 0.6) is 0 Å². The molecule has 9 nitrogen and oxygen atoms in total. The molecule has 2 aliphatic rings. The van der Waals surface area contributed by atoms with Gasteiger partial charge in [-0.3, -0.25) is 14.0 Å². The molecule has 3 rings (SSSR count). The third-order valence-corrected chi connectivity index (χ3v) is 7.75. The molecule has 0 saturated carbocycles. The van der Waals surface area contributed by atoms with Crippen LogP contribution in [0.25, 0.3) is 5.57 Å². The second-order valence-corrected chi connectivity index (χ2v) is 10.9. The number of fused-ring (bicyclic) bond motifs is 1. The molecule has 1 atom stereocenters. The Balaban J connectivity index is 2.07. The van der Waals surface area contributed by atoms with E-state index in [0.717, 1.165) is 0 Å². The number of nitrogens with zero attached hydrogens (tertiary/aromatic N) is 3. The summed E-state index contributed by atoms with van der Waals surface area (Å²) in [5, 5.41) is 0. The summed E-state index contributed by atoms with van der Waals surface area (Å²) in [6.45, 7) is 15.5. The van der Waals surface area contributed by atoms with Gasteiger partial charge in [0.25, 0.3) is 0 Å². The molecule has 0 bridgehead atoms. The Morgan fingerprint density at radius 1 is 1.20 bits per heavy atom. The summed E-state index contributed by atoms with van der Waals surface area (Å²) in [4.78, 5) is 28.4. The van der Waals surface area contributed by atoms with Gasteiger partial charge in [-0.05, 0) is 56.5 Å². The number of methoxy groups -OCH3 is 1. The summed E-state index contributed by atoms with van der Waals surface area (Å²) >= 11 is 0. The van der Waals surface area contributed by atoms with E-state index in [1.807, 2.05) is 6.92 Å². The average molecular weight is 504 g/mol. The highest BCUT2D eigenvalue weighted by Gasteiger charge is 2.35. The zero-order valence-corrected chi connectivity index (χ0v) is 21.7. The summed E-state index contributed by atoms with van der Waals surface area (Å²) in [6.07, 6.45) is 1.31. The van der Waals surface area contributed by atoms with E-state index in [0.29, 0.717) is 41.2 Å². The summed E-state index contributed by atoms with van der Waals surface area (Å²) in [6, 6.07) is 5.05. The van der Waals surface area contributed by atoms with Crippen molar-refractivity contribution in [3.8, 4) is 0 Å². The lowest BCUT2D eigenvalue weighted by molar-refractivity contribution is -0.117. The maximum atomic E-state index is 12.9. The highest BCUT2D eigenvalue weighted by Crippen LogP contribution is 2.39. The molecule has 35 heavy (non-hydrogen) atoms. The molecule has 0 aromatic heterocycles. The van der Waals surface area contributed by atoms with Gasteiger partial charge in [-0.25, -0.2) is 13.2 Å². The van der Waals surface area contributed by atoms with Gasteiger partial charge in [-0.2, -0.15) is 0 Å². The molecule has 0 radical (unpaired) electrons. The molecule has 190 valence electrons. The first-order valence-corrected chi connectivity index (χ1v) is 13.0. The molecule has 0 N–H and O–H groups in total. The van der Waals surface area contributed by atoms with Crippen molar-refractivity contribution in [3.05, 3.63) is 54.5 Å². The number of anilines is 2. The van der Waals surface area contributed by atoms with Gasteiger partial charge in [0.2, 0.25) is 15.9 Å². The van der Waals surface area contributed by atoms with Gasteiger partial charge in [0, 0.05) is 20.0 Å². The van der Waals surface area contributed by atoms with Crippen LogP contribution in [-0.2, 0) is 24.3 Å². The predicted molar refractivity (Wildman–Crippen MR) is 136 cm³/mol. The van der Waals surface area contributed by atoms with Gasteiger partial charge in [-0.15, -0.1) is 0 Å². The molecular formula is C25H33N3O6S. The fourth-order valence-corrected chi connectivity index (χ4v) is 5.87. The standard InChI is InChI=1S/C25H33N3O6S/c1-16(2)34-25(30)26-15-18(4)28(20(6)29)22-10-9-21(14-24(22)26)17(3)13-23(19(5)33-7)27-11-8-12-35(27,31)32/h9-10,13-14,16,18H,3,5,8,11-12,15H2,1-2,4,6-7H3/b23-13+. The predicted octanol–water partition coefficient (Wildman–Crippen LogP) is 3.89. The van der Waals surface area contributed by atoms with Crippen LogP contribution in [0.15, 0.2) is 48.9 Å². The number of carbonyl (C=O) groups is 2. The van der Waals surface area contributed by atoms with Crippen molar-refractivity contribution >= 4 is 39.0 Å². The zero-order valence-electron chi connectivity index (χ0n) is 20.9. The number of rotatable bonds is 6. The van der Waals surface area contributed by atoms with E-state index in [2.05, 4.69) is 13.2 Å². The normalized spacial score (nSPS) is 19.4. The van der Waals surface area contributed by atoms with Crippen molar-refractivity contribution in [2.24, 2.45) is 0 Å². The lowest BCUT2D eigenvalue weighted by Gasteiger charge is -2.40. The SMILES string of the molecule is C=C(OC)/C(=C\C(=C)c1ccc2c(c1)N(C(=O)OC(C)C)CC(C)N2C(C)=O)N1CCCS1(=O)=O. The first-order chi connectivity index (χ1) is 16.4. The van der Waals surface area contributed by atoms with E-state index in [1.165, 1.54) is 23.2 Å². The van der Waals surface area contributed by atoms with Crippen molar-refractivity contribution in [2.75, 3.05) is 35.8 Å². The fourth-order valence-electron chi connectivity index (χ4n) is 4.30. The molecule has 2 aliphatic heterocycles. The van der Waals surface area contributed by atoms with Crippen LogP contribution < -0.4 is 9.80 Å². The van der Waals surface area contributed by atoms with E-state index in [9.17, 15) is 18.0 Å². The van der Waals surface area contributed by atoms with Crippen molar-refractivity contribution < 1.29 is 27.5 Å². The molecule has 1 unspecified atom stereocenters. The molecule has 2 amide bonds. The Kier molecular flexibility index (Phi) is 7.64. The average Bonchev–Trinajstić information content (AvgIpc) is 3.13. The molecule has 1 saturated heterocycles. The number of hydrogen-bond acceptors (Lipinski definition) is 6. The maximum absolute atomic E-state index is 12.9. The summed E-state index contributed by atoms with van der Waals surface area (Å²) in [5.74, 6) is 0.117. The monoisotopic (exact) mass is 503 g/mol. The first-order valence-electron chi connectivity index (χ1n) is 11.4. The first kappa shape index (κ1) is 26.3. The van der Waals surface area contributed by atoms with E-state index in [-0.39, 0.29) is 36.1 Å². The quantitative estimate of drug-likeness (QED) is 0.432. The van der Waals surface area contributed by atoms with Gasteiger partial charge in [0.1, 0.15) is 5.76 Å². The minimum atomic E-state index is -3.47. The molecular weight excluding hydrogens is 470 g/mol. The fraction of sp³-hybridized carbons (Fsp3) is 0.440. The molecule has 1 fully saturated rings. The second kappa shape index (κ2) is 10.2. The van der Waals surface area contributed by atoms with Crippen molar-refractivity contribution in [3.63, 3.8) is 0 Å². The van der Waals surface area contributed by atoms with Crippen LogP contribution in [0.1, 0.15) is 39.7 Å². The number of benzene rings is 1. The third kappa shape index (κ3) is 5.37. The zero-order chi connectivity index (χ0) is 26.1. The van der Waals surface area contributed by atoms with E-state index in [1.54, 1.807) is 43.0 Å². The number of amides is 2. The highest BCUT2D eigenvalue weighted by atomic mass is 32.2. The van der Waals surface area contributed by atoms with E-state index >= 15 is 0 Å². The van der Waals surface area contributed by atoms with Crippen LogP contribution in [0, 0.1) is 0 Å². The Bertz CT molecular complexity index is 1190. The molecule has 1 aromatic rings. The Labute approximate surface area is 207 Å². The van der Waals surface area contributed by atoms with E-state index in [4.69, 9.17) is 9.47 Å². The Hall–Kier alpha value is -3.27. The van der Waals surface area contributed by atoms with Crippen LogP contribution in [-0.4, -0.2) is 62.8 Å². The number of allylic oxidation sites excluding steroid dienone is 2. The lowest BCUT2D eigenvalue weighted by atomic mass is 10.0. The van der Waals surface area contributed by atoms with Gasteiger partial charge in [0.15, 0.2) is 0 Å². The van der Waals surface area contributed by atoms with Crippen molar-refractivity contribution in [1.29, 1.82) is 0 Å². The molecule has 10 heteroatoms. The lowest BCUT2D eigenvalue weighted by Crippen LogP contribution is -2.51.